The Morgan fingerprint density at radius 3 is 2.42 bits per heavy atom. The van der Waals surface area contributed by atoms with Crippen LogP contribution in [0.5, 0.6) is 0 Å². The number of aromatic nitrogens is 2. The summed E-state index contributed by atoms with van der Waals surface area (Å²) < 4.78 is 5.28. The molecule has 4 nitrogen and oxygen atoms in total. The van der Waals surface area contributed by atoms with E-state index in [-0.39, 0.29) is 12.4 Å². The molecule has 0 aliphatic heterocycles. The molecule has 0 amide bonds. The summed E-state index contributed by atoms with van der Waals surface area (Å²) in [5, 5.41) is 4.71. The Hall–Kier alpha value is -1.10. The maximum absolute atomic E-state index is 6.29. The molecule has 2 N–H and O–H groups in total. The minimum absolute atomic E-state index is 0. The number of rotatable bonds is 2. The third-order valence-corrected chi connectivity index (χ3v) is 3.71. The van der Waals surface area contributed by atoms with Crippen LogP contribution in [0.2, 0.25) is 5.02 Å². The number of halogens is 2. The molecule has 2 aromatic rings. The first-order valence-corrected chi connectivity index (χ1v) is 6.44. The van der Waals surface area contributed by atoms with Crippen LogP contribution in [0.15, 0.2) is 28.8 Å². The smallest absolute Gasteiger partial charge is 0.257 e. The van der Waals surface area contributed by atoms with Crippen LogP contribution in [0.1, 0.15) is 31.5 Å². The van der Waals surface area contributed by atoms with Crippen LogP contribution >= 0.6 is 24.0 Å². The second-order valence-electron chi connectivity index (χ2n) is 4.79. The summed E-state index contributed by atoms with van der Waals surface area (Å²) in [6.45, 7) is 0. The monoisotopic (exact) mass is 299 g/mol. The lowest BCUT2D eigenvalue weighted by Crippen LogP contribution is -2.34. The molecule has 1 aliphatic rings. The Morgan fingerprint density at radius 1 is 1.16 bits per heavy atom. The molecule has 3 rings (SSSR count). The van der Waals surface area contributed by atoms with E-state index >= 15 is 0 Å². The van der Waals surface area contributed by atoms with Crippen LogP contribution in [0.3, 0.4) is 0 Å². The molecule has 0 saturated heterocycles. The first-order valence-electron chi connectivity index (χ1n) is 6.06. The van der Waals surface area contributed by atoms with Crippen LogP contribution in [0.25, 0.3) is 11.5 Å². The molecule has 0 spiro atoms. The fraction of sp³-hybridized carbons (Fsp3) is 0.385. The molecule has 0 bridgehead atoms. The summed E-state index contributed by atoms with van der Waals surface area (Å²) in [5.74, 6) is 1.11. The Labute approximate surface area is 122 Å². The molecular weight excluding hydrogens is 285 g/mol. The van der Waals surface area contributed by atoms with E-state index < -0.39 is 5.54 Å². The third-order valence-electron chi connectivity index (χ3n) is 3.46. The largest absolute Gasteiger partial charge is 0.334 e. The van der Waals surface area contributed by atoms with Gasteiger partial charge in [0, 0.05) is 10.6 Å². The second kappa shape index (κ2) is 5.49. The van der Waals surface area contributed by atoms with E-state index in [4.69, 9.17) is 21.9 Å². The van der Waals surface area contributed by atoms with Crippen molar-refractivity contribution in [2.24, 2.45) is 5.73 Å². The molecule has 1 saturated carbocycles. The van der Waals surface area contributed by atoms with Crippen LogP contribution in [-0.2, 0) is 5.54 Å². The highest BCUT2D eigenvalue weighted by atomic mass is 35.5. The predicted octanol–water partition coefficient (Wildman–Crippen LogP) is 3.54. The van der Waals surface area contributed by atoms with Gasteiger partial charge < -0.3 is 10.3 Å². The molecule has 19 heavy (non-hydrogen) atoms. The highest BCUT2D eigenvalue weighted by Crippen LogP contribution is 2.35. The molecule has 6 heteroatoms. The molecular formula is C13H15Cl2N3O. The van der Waals surface area contributed by atoms with Crippen molar-refractivity contribution in [1.82, 2.24) is 10.1 Å². The average Bonchev–Trinajstić information content (AvgIpc) is 2.99. The van der Waals surface area contributed by atoms with Crippen LogP contribution < -0.4 is 5.73 Å². The molecule has 1 aliphatic carbocycles. The topological polar surface area (TPSA) is 64.9 Å². The van der Waals surface area contributed by atoms with Crippen molar-refractivity contribution in [3.63, 3.8) is 0 Å². The highest BCUT2D eigenvalue weighted by molar-refractivity contribution is 6.30. The van der Waals surface area contributed by atoms with Crippen molar-refractivity contribution in [2.45, 2.75) is 31.2 Å². The van der Waals surface area contributed by atoms with Crippen LogP contribution in [0.4, 0.5) is 0 Å². The van der Waals surface area contributed by atoms with E-state index in [1.807, 2.05) is 12.1 Å². The lowest BCUT2D eigenvalue weighted by molar-refractivity contribution is 0.372. The maximum atomic E-state index is 6.29. The summed E-state index contributed by atoms with van der Waals surface area (Å²) in [4.78, 5) is 4.42. The Morgan fingerprint density at radius 2 is 1.79 bits per heavy atom. The van der Waals surface area contributed by atoms with E-state index in [0.717, 1.165) is 31.2 Å². The average molecular weight is 300 g/mol. The van der Waals surface area contributed by atoms with Crippen molar-refractivity contribution >= 4 is 24.0 Å². The van der Waals surface area contributed by atoms with Gasteiger partial charge in [-0.1, -0.05) is 29.6 Å². The van der Waals surface area contributed by atoms with Gasteiger partial charge in [0.2, 0.25) is 0 Å². The molecule has 0 atom stereocenters. The van der Waals surface area contributed by atoms with Gasteiger partial charge in [0.15, 0.2) is 5.82 Å². The molecule has 1 aromatic carbocycles. The van der Waals surface area contributed by atoms with Gasteiger partial charge >= 0.3 is 0 Å². The fourth-order valence-corrected chi connectivity index (χ4v) is 2.49. The summed E-state index contributed by atoms with van der Waals surface area (Å²) >= 11 is 5.84. The van der Waals surface area contributed by atoms with E-state index in [9.17, 15) is 0 Å². The van der Waals surface area contributed by atoms with Crippen molar-refractivity contribution in [3.8, 4) is 11.5 Å². The molecule has 0 unspecified atom stereocenters. The standard InChI is InChI=1S/C13H14ClN3O.ClH/c14-10-5-3-9(4-6-10)11-16-12(17-18-11)13(15)7-1-2-8-13;/h3-6H,1-2,7-8,15H2;1H. The minimum Gasteiger partial charge on any atom is -0.334 e. The number of nitrogens with zero attached hydrogens (tertiary/aromatic N) is 2. The number of benzene rings is 1. The zero-order valence-corrected chi connectivity index (χ0v) is 11.9. The number of nitrogens with two attached hydrogens (primary N) is 1. The second-order valence-corrected chi connectivity index (χ2v) is 5.23. The van der Waals surface area contributed by atoms with Crippen LogP contribution in [-0.4, -0.2) is 10.1 Å². The van der Waals surface area contributed by atoms with Gasteiger partial charge in [-0.3, -0.25) is 0 Å². The van der Waals surface area contributed by atoms with E-state index in [1.54, 1.807) is 12.1 Å². The number of hydrogen-bond acceptors (Lipinski definition) is 4. The van der Waals surface area contributed by atoms with E-state index in [1.165, 1.54) is 0 Å². The Kier molecular flexibility index (Phi) is 4.13. The quantitative estimate of drug-likeness (QED) is 0.921. The first-order chi connectivity index (χ1) is 8.67. The SMILES string of the molecule is Cl.NC1(c2noc(-c3ccc(Cl)cc3)n2)CCCC1. The van der Waals surface area contributed by atoms with Gasteiger partial charge in [-0.2, -0.15) is 4.98 Å². The van der Waals surface area contributed by atoms with Gasteiger partial charge in [0.1, 0.15) is 0 Å². The van der Waals surface area contributed by atoms with Gasteiger partial charge in [-0.05, 0) is 37.1 Å². The molecule has 1 heterocycles. The van der Waals surface area contributed by atoms with E-state index in [0.29, 0.717) is 16.7 Å². The minimum atomic E-state index is -0.409. The zero-order valence-electron chi connectivity index (χ0n) is 10.3. The van der Waals surface area contributed by atoms with Gasteiger partial charge in [0.05, 0.1) is 5.54 Å². The Bertz CT molecular complexity index is 547. The molecule has 1 fully saturated rings. The summed E-state index contributed by atoms with van der Waals surface area (Å²) in [6.07, 6.45) is 4.10. The summed E-state index contributed by atoms with van der Waals surface area (Å²) in [7, 11) is 0. The van der Waals surface area contributed by atoms with Gasteiger partial charge in [0.25, 0.3) is 5.89 Å². The molecule has 0 radical (unpaired) electrons. The van der Waals surface area contributed by atoms with Crippen molar-refractivity contribution in [1.29, 1.82) is 0 Å². The normalized spacial score (nSPS) is 17.2. The predicted molar refractivity (Wildman–Crippen MR) is 76.3 cm³/mol. The van der Waals surface area contributed by atoms with Crippen LogP contribution in [0, 0.1) is 0 Å². The summed E-state index contributed by atoms with van der Waals surface area (Å²) in [5.41, 5.74) is 6.74. The first kappa shape index (κ1) is 14.3. The van der Waals surface area contributed by atoms with Gasteiger partial charge in [-0.25, -0.2) is 0 Å². The maximum Gasteiger partial charge on any atom is 0.257 e. The lowest BCUT2D eigenvalue weighted by Gasteiger charge is -2.17. The van der Waals surface area contributed by atoms with Crippen molar-refractivity contribution in [3.05, 3.63) is 35.1 Å². The summed E-state index contributed by atoms with van der Waals surface area (Å²) in [6, 6.07) is 7.32. The number of hydrogen-bond donors (Lipinski definition) is 1. The Balaban J connectivity index is 0.00000133. The molecule has 102 valence electrons. The van der Waals surface area contributed by atoms with Gasteiger partial charge in [-0.15, -0.1) is 12.4 Å². The van der Waals surface area contributed by atoms with Crippen molar-refractivity contribution in [2.75, 3.05) is 0 Å². The lowest BCUT2D eigenvalue weighted by atomic mass is 9.99. The highest BCUT2D eigenvalue weighted by Gasteiger charge is 2.36. The van der Waals surface area contributed by atoms with Crippen molar-refractivity contribution < 1.29 is 4.52 Å². The third kappa shape index (κ3) is 2.76. The van der Waals surface area contributed by atoms with E-state index in [2.05, 4.69) is 10.1 Å². The molecule has 1 aromatic heterocycles. The fourth-order valence-electron chi connectivity index (χ4n) is 2.36. The zero-order chi connectivity index (χ0) is 12.6.